The zero-order valence-corrected chi connectivity index (χ0v) is 14.4. The van der Waals surface area contributed by atoms with Crippen LogP contribution in [0.3, 0.4) is 0 Å². The fourth-order valence-corrected chi connectivity index (χ4v) is 2.23. The van der Waals surface area contributed by atoms with Crippen molar-refractivity contribution in [2.45, 2.75) is 32.8 Å². The van der Waals surface area contributed by atoms with Gasteiger partial charge in [-0.05, 0) is 37.5 Å². The fourth-order valence-electron chi connectivity index (χ4n) is 2.23. The van der Waals surface area contributed by atoms with E-state index in [9.17, 15) is 4.79 Å². The van der Waals surface area contributed by atoms with E-state index in [1.165, 1.54) is 5.56 Å². The molecule has 0 aliphatic rings. The van der Waals surface area contributed by atoms with Gasteiger partial charge in [0.15, 0.2) is 0 Å². The van der Waals surface area contributed by atoms with Gasteiger partial charge in [-0.2, -0.15) is 0 Å². The zero-order valence-electron chi connectivity index (χ0n) is 14.4. The molecule has 1 amide bonds. The average molecular weight is 326 g/mol. The molecule has 4 nitrogen and oxygen atoms in total. The Bertz CT molecular complexity index is 629. The van der Waals surface area contributed by atoms with Gasteiger partial charge in [-0.25, -0.2) is 0 Å². The van der Waals surface area contributed by atoms with E-state index in [0.717, 1.165) is 24.3 Å². The number of carbonyl (C=O) groups excluding carboxylic acids is 1. The number of ether oxygens (including phenoxy) is 1. The van der Waals surface area contributed by atoms with Crippen LogP contribution in [-0.2, 0) is 11.2 Å². The van der Waals surface area contributed by atoms with Crippen molar-refractivity contribution in [3.8, 4) is 5.75 Å². The van der Waals surface area contributed by atoms with Gasteiger partial charge in [0.1, 0.15) is 5.75 Å². The van der Waals surface area contributed by atoms with E-state index in [4.69, 9.17) is 4.74 Å². The first kappa shape index (κ1) is 17.9. The van der Waals surface area contributed by atoms with Crippen molar-refractivity contribution in [3.05, 3.63) is 60.2 Å². The number of nitrogens with one attached hydrogen (secondary N) is 2. The molecule has 0 heterocycles. The van der Waals surface area contributed by atoms with Crippen molar-refractivity contribution in [1.29, 1.82) is 0 Å². The van der Waals surface area contributed by atoms with Gasteiger partial charge in [-0.15, -0.1) is 0 Å². The number of benzene rings is 2. The standard InChI is InChI=1S/C20H26N2O2/c1-3-16(2)24-19-11-7-10-18(14-19)22-15-20(23)21-13-12-17-8-5-4-6-9-17/h4-11,14,16,22H,3,12-13,15H2,1-2H3,(H,21,23). The van der Waals surface area contributed by atoms with Crippen molar-refractivity contribution in [2.24, 2.45) is 0 Å². The zero-order chi connectivity index (χ0) is 17.2. The topological polar surface area (TPSA) is 50.4 Å². The highest BCUT2D eigenvalue weighted by Gasteiger charge is 2.04. The minimum atomic E-state index is -0.0146. The largest absolute Gasteiger partial charge is 0.491 e. The molecular formula is C20H26N2O2. The summed E-state index contributed by atoms with van der Waals surface area (Å²) in [5, 5.41) is 6.06. The molecule has 0 saturated carbocycles. The van der Waals surface area contributed by atoms with Gasteiger partial charge in [0.2, 0.25) is 5.91 Å². The molecule has 2 rings (SSSR count). The normalized spacial score (nSPS) is 11.6. The highest BCUT2D eigenvalue weighted by Crippen LogP contribution is 2.18. The molecule has 0 aliphatic carbocycles. The van der Waals surface area contributed by atoms with Crippen molar-refractivity contribution >= 4 is 11.6 Å². The Morgan fingerprint density at radius 1 is 1.12 bits per heavy atom. The summed E-state index contributed by atoms with van der Waals surface area (Å²) in [4.78, 5) is 11.9. The second-order valence-electron chi connectivity index (χ2n) is 5.80. The van der Waals surface area contributed by atoms with E-state index in [-0.39, 0.29) is 18.6 Å². The third-order valence-corrected chi connectivity index (χ3v) is 3.78. The van der Waals surface area contributed by atoms with Crippen molar-refractivity contribution in [1.82, 2.24) is 5.32 Å². The number of carbonyl (C=O) groups is 1. The molecule has 0 bridgehead atoms. The predicted octanol–water partition coefficient (Wildman–Crippen LogP) is 3.63. The third kappa shape index (κ3) is 6.32. The SMILES string of the molecule is CCC(C)Oc1cccc(NCC(=O)NCCc2ccccc2)c1. The summed E-state index contributed by atoms with van der Waals surface area (Å²) in [6, 6.07) is 17.8. The van der Waals surface area contributed by atoms with Crippen LogP contribution in [0.25, 0.3) is 0 Å². The number of rotatable bonds is 9. The Balaban J connectivity index is 1.72. The first-order valence-electron chi connectivity index (χ1n) is 8.48. The van der Waals surface area contributed by atoms with Crippen molar-refractivity contribution in [3.63, 3.8) is 0 Å². The quantitative estimate of drug-likeness (QED) is 0.740. The number of amides is 1. The van der Waals surface area contributed by atoms with Crippen LogP contribution in [0.4, 0.5) is 5.69 Å². The van der Waals surface area contributed by atoms with Gasteiger partial charge in [-0.1, -0.05) is 43.3 Å². The van der Waals surface area contributed by atoms with E-state index in [0.29, 0.717) is 6.54 Å². The number of hydrogen-bond donors (Lipinski definition) is 2. The summed E-state index contributed by atoms with van der Waals surface area (Å²) >= 11 is 0. The molecule has 0 saturated heterocycles. The summed E-state index contributed by atoms with van der Waals surface area (Å²) in [6.45, 7) is 5.02. The van der Waals surface area contributed by atoms with Crippen molar-refractivity contribution < 1.29 is 9.53 Å². The van der Waals surface area contributed by atoms with E-state index >= 15 is 0 Å². The predicted molar refractivity (Wildman–Crippen MR) is 98.5 cm³/mol. The van der Waals surface area contributed by atoms with Crippen LogP contribution in [0.5, 0.6) is 5.75 Å². The first-order valence-corrected chi connectivity index (χ1v) is 8.48. The number of anilines is 1. The van der Waals surface area contributed by atoms with Crippen LogP contribution in [0, 0.1) is 0 Å². The van der Waals surface area contributed by atoms with E-state index in [1.54, 1.807) is 0 Å². The molecule has 2 N–H and O–H groups in total. The van der Waals surface area contributed by atoms with Crippen LogP contribution < -0.4 is 15.4 Å². The Labute approximate surface area is 144 Å². The first-order chi connectivity index (χ1) is 11.7. The Hall–Kier alpha value is -2.49. The van der Waals surface area contributed by atoms with Gasteiger partial charge >= 0.3 is 0 Å². The van der Waals surface area contributed by atoms with Gasteiger partial charge in [-0.3, -0.25) is 4.79 Å². The molecular weight excluding hydrogens is 300 g/mol. The molecule has 0 fully saturated rings. The molecule has 0 radical (unpaired) electrons. The summed E-state index contributed by atoms with van der Waals surface area (Å²) in [5.74, 6) is 0.804. The van der Waals surface area contributed by atoms with E-state index in [1.807, 2.05) is 49.4 Å². The average Bonchev–Trinajstić information content (AvgIpc) is 2.61. The maximum atomic E-state index is 11.9. The van der Waals surface area contributed by atoms with E-state index < -0.39 is 0 Å². The third-order valence-electron chi connectivity index (χ3n) is 3.78. The molecule has 2 aromatic rings. The smallest absolute Gasteiger partial charge is 0.239 e. The number of hydrogen-bond acceptors (Lipinski definition) is 3. The maximum Gasteiger partial charge on any atom is 0.239 e. The molecule has 1 unspecified atom stereocenters. The van der Waals surface area contributed by atoms with Gasteiger partial charge in [0.25, 0.3) is 0 Å². The summed E-state index contributed by atoms with van der Waals surface area (Å²) < 4.78 is 5.78. The lowest BCUT2D eigenvalue weighted by atomic mass is 10.1. The molecule has 1 atom stereocenters. The molecule has 0 spiro atoms. The molecule has 0 aromatic heterocycles. The monoisotopic (exact) mass is 326 g/mol. The minimum absolute atomic E-state index is 0.0146. The lowest BCUT2D eigenvalue weighted by Crippen LogP contribution is -2.31. The summed E-state index contributed by atoms with van der Waals surface area (Å²) in [6.07, 6.45) is 1.98. The maximum absolute atomic E-state index is 11.9. The molecule has 2 aromatic carbocycles. The highest BCUT2D eigenvalue weighted by molar-refractivity contribution is 5.80. The van der Waals surface area contributed by atoms with Crippen LogP contribution >= 0.6 is 0 Å². The van der Waals surface area contributed by atoms with E-state index in [2.05, 4.69) is 29.7 Å². The summed E-state index contributed by atoms with van der Waals surface area (Å²) in [7, 11) is 0. The second kappa shape index (κ2) is 9.60. The molecule has 0 aliphatic heterocycles. The lowest BCUT2D eigenvalue weighted by molar-refractivity contribution is -0.119. The van der Waals surface area contributed by atoms with Gasteiger partial charge in [0.05, 0.1) is 12.6 Å². The Morgan fingerprint density at radius 3 is 2.67 bits per heavy atom. The Morgan fingerprint density at radius 2 is 1.92 bits per heavy atom. The summed E-state index contributed by atoms with van der Waals surface area (Å²) in [5.41, 5.74) is 2.11. The Kier molecular flexibility index (Phi) is 7.15. The fraction of sp³-hybridized carbons (Fsp3) is 0.350. The van der Waals surface area contributed by atoms with Crippen LogP contribution in [0.15, 0.2) is 54.6 Å². The van der Waals surface area contributed by atoms with Crippen LogP contribution in [-0.4, -0.2) is 25.1 Å². The second-order valence-corrected chi connectivity index (χ2v) is 5.80. The van der Waals surface area contributed by atoms with Gasteiger partial charge in [0, 0.05) is 18.3 Å². The molecule has 4 heteroatoms. The van der Waals surface area contributed by atoms with Crippen LogP contribution in [0.1, 0.15) is 25.8 Å². The molecule has 24 heavy (non-hydrogen) atoms. The van der Waals surface area contributed by atoms with Crippen LogP contribution in [0.2, 0.25) is 0 Å². The van der Waals surface area contributed by atoms with Gasteiger partial charge < -0.3 is 15.4 Å². The minimum Gasteiger partial charge on any atom is -0.491 e. The lowest BCUT2D eigenvalue weighted by Gasteiger charge is -2.14. The highest BCUT2D eigenvalue weighted by atomic mass is 16.5. The molecule has 128 valence electrons. The van der Waals surface area contributed by atoms with Crippen molar-refractivity contribution in [2.75, 3.05) is 18.4 Å².